The van der Waals surface area contributed by atoms with Gasteiger partial charge in [-0.15, -0.1) is 0 Å². The average Bonchev–Trinajstić information content (AvgIpc) is 2.27. The van der Waals surface area contributed by atoms with Gasteiger partial charge in [-0.05, 0) is 58.2 Å². The first-order chi connectivity index (χ1) is 8.24. The average molecular weight is 249 g/mol. The Bertz CT molecular complexity index is 360. The molecule has 18 heavy (non-hydrogen) atoms. The Morgan fingerprint density at radius 2 is 1.61 bits per heavy atom. The lowest BCUT2D eigenvalue weighted by molar-refractivity contribution is 0.0464. The third-order valence-electron chi connectivity index (χ3n) is 3.25. The van der Waals surface area contributed by atoms with Crippen molar-refractivity contribution in [2.45, 2.75) is 58.6 Å². The number of aryl methyl sites for hydroxylation is 1. The van der Waals surface area contributed by atoms with Crippen molar-refractivity contribution in [3.8, 4) is 0 Å². The van der Waals surface area contributed by atoms with E-state index >= 15 is 0 Å². The summed E-state index contributed by atoms with van der Waals surface area (Å²) in [5.41, 5.74) is 1.64. The van der Waals surface area contributed by atoms with E-state index in [1.54, 1.807) is 0 Å². The molecule has 0 amide bonds. The monoisotopic (exact) mass is 249 g/mol. The highest BCUT2D eigenvalue weighted by Gasteiger charge is 2.23. The van der Waals surface area contributed by atoms with Crippen LogP contribution in [0.15, 0.2) is 24.3 Å². The minimum atomic E-state index is -0.759. The molecule has 0 bridgehead atoms. The third kappa shape index (κ3) is 4.79. The molecule has 0 heterocycles. The molecule has 0 saturated heterocycles. The zero-order valence-electron chi connectivity index (χ0n) is 12.4. The highest BCUT2D eigenvalue weighted by Crippen LogP contribution is 2.24. The van der Waals surface area contributed by atoms with Gasteiger partial charge in [-0.2, -0.15) is 0 Å². The van der Waals surface area contributed by atoms with Gasteiger partial charge in [0.25, 0.3) is 0 Å². The van der Waals surface area contributed by atoms with Crippen molar-refractivity contribution in [2.24, 2.45) is 0 Å². The van der Waals surface area contributed by atoms with Crippen molar-refractivity contribution < 1.29 is 5.11 Å². The van der Waals surface area contributed by atoms with E-state index in [0.717, 1.165) is 24.9 Å². The molecule has 2 heteroatoms. The van der Waals surface area contributed by atoms with Crippen molar-refractivity contribution in [1.29, 1.82) is 0 Å². The standard InChI is InChI=1S/C16H27NO/c1-6-13-7-9-14(10-8-13)16(5,18)11-12-17-15(2,3)4/h7-10,17-18H,6,11-12H2,1-5H3. The smallest absolute Gasteiger partial charge is 0.0880 e. The van der Waals surface area contributed by atoms with Gasteiger partial charge in [0, 0.05) is 5.54 Å². The van der Waals surface area contributed by atoms with E-state index in [2.05, 4.69) is 45.1 Å². The molecule has 1 aromatic carbocycles. The summed E-state index contributed by atoms with van der Waals surface area (Å²) in [7, 11) is 0. The predicted molar refractivity (Wildman–Crippen MR) is 77.8 cm³/mol. The zero-order valence-corrected chi connectivity index (χ0v) is 12.4. The fourth-order valence-corrected chi connectivity index (χ4v) is 1.92. The second-order valence-electron chi connectivity index (χ2n) is 6.25. The molecule has 0 saturated carbocycles. The van der Waals surface area contributed by atoms with Crippen LogP contribution >= 0.6 is 0 Å². The number of aliphatic hydroxyl groups is 1. The van der Waals surface area contributed by atoms with Crippen molar-refractivity contribution in [2.75, 3.05) is 6.54 Å². The summed E-state index contributed by atoms with van der Waals surface area (Å²) in [6.07, 6.45) is 1.75. The molecule has 0 radical (unpaired) electrons. The Labute approximate surface area is 111 Å². The summed E-state index contributed by atoms with van der Waals surface area (Å²) < 4.78 is 0. The molecule has 1 unspecified atom stereocenters. The first kappa shape index (κ1) is 15.2. The van der Waals surface area contributed by atoms with Gasteiger partial charge >= 0.3 is 0 Å². The minimum Gasteiger partial charge on any atom is -0.385 e. The maximum absolute atomic E-state index is 10.5. The van der Waals surface area contributed by atoms with Crippen LogP contribution in [0.1, 0.15) is 52.2 Å². The topological polar surface area (TPSA) is 32.3 Å². The van der Waals surface area contributed by atoms with Gasteiger partial charge < -0.3 is 10.4 Å². The molecule has 0 aliphatic carbocycles. The van der Waals surface area contributed by atoms with Crippen molar-refractivity contribution >= 4 is 0 Å². The SMILES string of the molecule is CCc1ccc(C(C)(O)CCNC(C)(C)C)cc1. The molecule has 2 N–H and O–H groups in total. The summed E-state index contributed by atoms with van der Waals surface area (Å²) in [6.45, 7) is 11.2. The molecular weight excluding hydrogens is 222 g/mol. The largest absolute Gasteiger partial charge is 0.385 e. The van der Waals surface area contributed by atoms with Gasteiger partial charge in [-0.25, -0.2) is 0 Å². The van der Waals surface area contributed by atoms with Crippen LogP contribution in [0.25, 0.3) is 0 Å². The van der Waals surface area contributed by atoms with Gasteiger partial charge in [0.05, 0.1) is 5.60 Å². The highest BCUT2D eigenvalue weighted by molar-refractivity contribution is 5.26. The van der Waals surface area contributed by atoms with Crippen LogP contribution < -0.4 is 5.32 Å². The molecule has 1 atom stereocenters. The van der Waals surface area contributed by atoms with E-state index in [9.17, 15) is 5.11 Å². The van der Waals surface area contributed by atoms with Crippen LogP contribution in [0.5, 0.6) is 0 Å². The summed E-state index contributed by atoms with van der Waals surface area (Å²) in [4.78, 5) is 0. The lowest BCUT2D eigenvalue weighted by Gasteiger charge is -2.27. The van der Waals surface area contributed by atoms with Crippen LogP contribution in [0.2, 0.25) is 0 Å². The van der Waals surface area contributed by atoms with Crippen LogP contribution in [-0.2, 0) is 12.0 Å². The first-order valence-corrected chi connectivity index (χ1v) is 6.81. The molecule has 0 fully saturated rings. The molecule has 0 aliphatic heterocycles. The Hall–Kier alpha value is -0.860. The second-order valence-corrected chi connectivity index (χ2v) is 6.25. The lowest BCUT2D eigenvalue weighted by atomic mass is 9.91. The van der Waals surface area contributed by atoms with E-state index in [0.29, 0.717) is 0 Å². The summed E-state index contributed by atoms with van der Waals surface area (Å²) in [5.74, 6) is 0. The summed E-state index contributed by atoms with van der Waals surface area (Å²) in [5, 5.41) is 13.9. The fraction of sp³-hybridized carbons (Fsp3) is 0.625. The molecule has 0 aliphatic rings. The molecular formula is C16H27NO. The first-order valence-electron chi connectivity index (χ1n) is 6.81. The maximum Gasteiger partial charge on any atom is 0.0880 e. The Balaban J connectivity index is 2.61. The van der Waals surface area contributed by atoms with Crippen LogP contribution in [0.4, 0.5) is 0 Å². The van der Waals surface area contributed by atoms with E-state index in [1.165, 1.54) is 5.56 Å². The van der Waals surface area contributed by atoms with E-state index in [-0.39, 0.29) is 5.54 Å². The normalized spacial score (nSPS) is 15.4. The Kier molecular flexibility index (Phi) is 4.94. The summed E-state index contributed by atoms with van der Waals surface area (Å²) in [6, 6.07) is 8.27. The number of rotatable bonds is 5. The molecule has 0 spiro atoms. The quantitative estimate of drug-likeness (QED) is 0.839. The predicted octanol–water partition coefficient (Wildman–Crippen LogP) is 3.23. The van der Waals surface area contributed by atoms with E-state index in [4.69, 9.17) is 0 Å². The van der Waals surface area contributed by atoms with Crippen molar-refractivity contribution in [3.63, 3.8) is 0 Å². The highest BCUT2D eigenvalue weighted by atomic mass is 16.3. The van der Waals surface area contributed by atoms with Crippen LogP contribution in [0, 0.1) is 0 Å². The van der Waals surface area contributed by atoms with E-state index < -0.39 is 5.60 Å². The summed E-state index contributed by atoms with van der Waals surface area (Å²) >= 11 is 0. The number of nitrogens with one attached hydrogen (secondary N) is 1. The minimum absolute atomic E-state index is 0.0994. The Morgan fingerprint density at radius 1 is 1.06 bits per heavy atom. The molecule has 1 aromatic rings. The van der Waals surface area contributed by atoms with Gasteiger partial charge in [0.15, 0.2) is 0 Å². The lowest BCUT2D eigenvalue weighted by Crippen LogP contribution is -2.39. The molecule has 0 aromatic heterocycles. The van der Waals surface area contributed by atoms with Crippen molar-refractivity contribution in [3.05, 3.63) is 35.4 Å². The van der Waals surface area contributed by atoms with Crippen LogP contribution in [0.3, 0.4) is 0 Å². The van der Waals surface area contributed by atoms with Gasteiger partial charge in [-0.1, -0.05) is 31.2 Å². The zero-order chi connectivity index (χ0) is 13.8. The van der Waals surface area contributed by atoms with Crippen LogP contribution in [-0.4, -0.2) is 17.2 Å². The molecule has 102 valence electrons. The van der Waals surface area contributed by atoms with Gasteiger partial charge in [0.2, 0.25) is 0 Å². The molecule has 2 nitrogen and oxygen atoms in total. The van der Waals surface area contributed by atoms with Gasteiger partial charge in [0.1, 0.15) is 0 Å². The maximum atomic E-state index is 10.5. The van der Waals surface area contributed by atoms with E-state index in [1.807, 2.05) is 19.1 Å². The van der Waals surface area contributed by atoms with Crippen molar-refractivity contribution in [1.82, 2.24) is 5.32 Å². The van der Waals surface area contributed by atoms with Gasteiger partial charge in [-0.3, -0.25) is 0 Å². The number of hydrogen-bond acceptors (Lipinski definition) is 2. The number of benzene rings is 1. The second kappa shape index (κ2) is 5.85. The Morgan fingerprint density at radius 3 is 2.06 bits per heavy atom. The molecule has 1 rings (SSSR count). The number of hydrogen-bond donors (Lipinski definition) is 2. The third-order valence-corrected chi connectivity index (χ3v) is 3.25. The fourth-order valence-electron chi connectivity index (χ4n) is 1.92.